The maximum absolute atomic E-state index is 8.27. The van der Waals surface area contributed by atoms with E-state index in [-0.39, 0.29) is 0 Å². The first-order chi connectivity index (χ1) is 6.41. The van der Waals surface area contributed by atoms with Crippen molar-refractivity contribution in [3.63, 3.8) is 0 Å². The topological polar surface area (TPSA) is 36.1 Å². The summed E-state index contributed by atoms with van der Waals surface area (Å²) in [5, 5.41) is 8.27. The predicted octanol–water partition coefficient (Wildman–Crippen LogP) is 3.33. The van der Waals surface area contributed by atoms with Crippen LogP contribution in [0, 0.1) is 11.3 Å². The lowest BCUT2D eigenvalue weighted by Gasteiger charge is -1.94. The van der Waals surface area contributed by atoms with E-state index in [1.807, 2.05) is 6.21 Å². The van der Waals surface area contributed by atoms with Gasteiger partial charge in [-0.15, -0.1) is 0 Å². The van der Waals surface area contributed by atoms with Crippen LogP contribution >= 0.6 is 0 Å². The van der Waals surface area contributed by atoms with Gasteiger partial charge >= 0.3 is 0 Å². The normalized spacial score (nSPS) is 10.5. The minimum absolute atomic E-state index is 0.655. The van der Waals surface area contributed by atoms with E-state index in [4.69, 9.17) is 5.26 Å². The van der Waals surface area contributed by atoms with Crippen molar-refractivity contribution < 1.29 is 0 Å². The zero-order chi connectivity index (χ0) is 9.78. The Hall–Kier alpha value is -0.840. The van der Waals surface area contributed by atoms with Crippen LogP contribution in [0.15, 0.2) is 4.99 Å². The minimum atomic E-state index is 0.655. The fourth-order valence-corrected chi connectivity index (χ4v) is 1.08. The largest absolute Gasteiger partial charge is 0.298 e. The molecule has 0 aromatic heterocycles. The van der Waals surface area contributed by atoms with Gasteiger partial charge in [0, 0.05) is 13.0 Å². The highest BCUT2D eigenvalue weighted by Gasteiger charge is 1.85. The van der Waals surface area contributed by atoms with Crippen molar-refractivity contribution >= 4 is 6.21 Å². The van der Waals surface area contributed by atoms with E-state index in [9.17, 15) is 0 Å². The van der Waals surface area contributed by atoms with Crippen molar-refractivity contribution in [2.24, 2.45) is 4.99 Å². The molecule has 0 aliphatic heterocycles. The average molecular weight is 180 g/mol. The fourth-order valence-electron chi connectivity index (χ4n) is 1.08. The van der Waals surface area contributed by atoms with Crippen LogP contribution in [-0.4, -0.2) is 12.8 Å². The third kappa shape index (κ3) is 11.2. The molecule has 0 radical (unpaired) electrons. The molecular formula is C11H20N2. The highest BCUT2D eigenvalue weighted by molar-refractivity contribution is 5.56. The molecule has 0 heterocycles. The standard InChI is InChI=1S/C11H20N2/c1-2-3-4-7-10-13-11-8-5-6-9-12/h11H,2-8,10H2,1H3. The van der Waals surface area contributed by atoms with Gasteiger partial charge in [-0.05, 0) is 25.5 Å². The Morgan fingerprint density at radius 3 is 2.77 bits per heavy atom. The second-order valence-corrected chi connectivity index (χ2v) is 3.20. The van der Waals surface area contributed by atoms with Crippen LogP contribution in [0.1, 0.15) is 51.9 Å². The van der Waals surface area contributed by atoms with Crippen molar-refractivity contribution in [2.75, 3.05) is 6.54 Å². The fraction of sp³-hybridized carbons (Fsp3) is 0.818. The Morgan fingerprint density at radius 2 is 2.08 bits per heavy atom. The summed E-state index contributed by atoms with van der Waals surface area (Å²) < 4.78 is 0. The third-order valence-electron chi connectivity index (χ3n) is 1.89. The molecule has 0 saturated heterocycles. The summed E-state index contributed by atoms with van der Waals surface area (Å²) in [4.78, 5) is 4.28. The molecule has 2 heteroatoms. The van der Waals surface area contributed by atoms with Crippen LogP contribution in [0.4, 0.5) is 0 Å². The molecule has 0 spiro atoms. The average Bonchev–Trinajstić information content (AvgIpc) is 2.16. The number of aliphatic imine (C=N–C) groups is 1. The first-order valence-corrected chi connectivity index (χ1v) is 5.27. The van der Waals surface area contributed by atoms with Gasteiger partial charge in [-0.25, -0.2) is 0 Å². The molecule has 0 aliphatic carbocycles. The molecule has 0 amide bonds. The molecule has 13 heavy (non-hydrogen) atoms. The van der Waals surface area contributed by atoms with Gasteiger partial charge < -0.3 is 0 Å². The zero-order valence-corrected chi connectivity index (χ0v) is 8.63. The summed E-state index contributed by atoms with van der Waals surface area (Å²) in [6, 6.07) is 2.12. The molecule has 0 aromatic carbocycles. The quantitative estimate of drug-likeness (QED) is 0.417. The summed E-state index contributed by atoms with van der Waals surface area (Å²) in [7, 11) is 0. The summed E-state index contributed by atoms with van der Waals surface area (Å²) in [6.07, 6.45) is 9.64. The first kappa shape index (κ1) is 12.2. The Labute approximate surface area is 81.7 Å². The van der Waals surface area contributed by atoms with Crippen LogP contribution in [0.25, 0.3) is 0 Å². The molecule has 0 unspecified atom stereocenters. The van der Waals surface area contributed by atoms with Gasteiger partial charge in [-0.1, -0.05) is 26.2 Å². The molecule has 0 atom stereocenters. The Kier molecular flexibility index (Phi) is 10.4. The van der Waals surface area contributed by atoms with Crippen LogP contribution in [0.5, 0.6) is 0 Å². The molecule has 0 aliphatic rings. The lowest BCUT2D eigenvalue weighted by molar-refractivity contribution is 0.675. The number of unbranched alkanes of at least 4 members (excludes halogenated alkanes) is 5. The second kappa shape index (κ2) is 11.2. The van der Waals surface area contributed by atoms with E-state index in [0.29, 0.717) is 6.42 Å². The van der Waals surface area contributed by atoms with E-state index < -0.39 is 0 Å². The SMILES string of the molecule is CCCCCCN=CCCCC#N. The van der Waals surface area contributed by atoms with Crippen LogP contribution in [0.2, 0.25) is 0 Å². The minimum Gasteiger partial charge on any atom is -0.298 e. The Balaban J connectivity index is 3.00. The Morgan fingerprint density at radius 1 is 1.23 bits per heavy atom. The number of hydrogen-bond acceptors (Lipinski definition) is 2. The molecule has 2 nitrogen and oxygen atoms in total. The molecular weight excluding hydrogens is 160 g/mol. The molecule has 0 rings (SSSR count). The molecule has 0 aromatic rings. The summed E-state index contributed by atoms with van der Waals surface area (Å²) >= 11 is 0. The number of nitrogens with zero attached hydrogens (tertiary/aromatic N) is 2. The molecule has 0 saturated carbocycles. The third-order valence-corrected chi connectivity index (χ3v) is 1.89. The van der Waals surface area contributed by atoms with E-state index in [1.54, 1.807) is 0 Å². The highest BCUT2D eigenvalue weighted by atomic mass is 14.7. The van der Waals surface area contributed by atoms with Gasteiger partial charge in [-0.3, -0.25) is 4.99 Å². The van der Waals surface area contributed by atoms with Crippen molar-refractivity contribution in [2.45, 2.75) is 51.9 Å². The zero-order valence-electron chi connectivity index (χ0n) is 8.63. The summed E-state index contributed by atoms with van der Waals surface area (Å²) in [5.41, 5.74) is 0. The predicted molar refractivity (Wildman–Crippen MR) is 57.0 cm³/mol. The van der Waals surface area contributed by atoms with Gasteiger partial charge in [0.05, 0.1) is 6.07 Å². The van der Waals surface area contributed by atoms with Gasteiger partial charge in [0.1, 0.15) is 0 Å². The first-order valence-electron chi connectivity index (χ1n) is 5.27. The van der Waals surface area contributed by atoms with Gasteiger partial charge in [0.25, 0.3) is 0 Å². The Bertz CT molecular complexity index is 156. The number of hydrogen-bond donors (Lipinski definition) is 0. The molecule has 74 valence electrons. The maximum Gasteiger partial charge on any atom is 0.0621 e. The van der Waals surface area contributed by atoms with Crippen molar-refractivity contribution in [3.05, 3.63) is 0 Å². The van der Waals surface area contributed by atoms with Crippen molar-refractivity contribution in [1.29, 1.82) is 5.26 Å². The molecule has 0 fully saturated rings. The number of rotatable bonds is 8. The molecule has 0 bridgehead atoms. The lowest BCUT2D eigenvalue weighted by Crippen LogP contribution is -1.83. The van der Waals surface area contributed by atoms with Crippen LogP contribution in [-0.2, 0) is 0 Å². The van der Waals surface area contributed by atoms with E-state index >= 15 is 0 Å². The monoisotopic (exact) mass is 180 g/mol. The second-order valence-electron chi connectivity index (χ2n) is 3.20. The van der Waals surface area contributed by atoms with Crippen LogP contribution in [0.3, 0.4) is 0 Å². The van der Waals surface area contributed by atoms with Crippen LogP contribution < -0.4 is 0 Å². The maximum atomic E-state index is 8.27. The van der Waals surface area contributed by atoms with Gasteiger partial charge in [0.2, 0.25) is 0 Å². The lowest BCUT2D eigenvalue weighted by atomic mass is 10.2. The van der Waals surface area contributed by atoms with E-state index in [0.717, 1.165) is 19.4 Å². The van der Waals surface area contributed by atoms with Crippen molar-refractivity contribution in [3.8, 4) is 6.07 Å². The van der Waals surface area contributed by atoms with Gasteiger partial charge in [0.15, 0.2) is 0 Å². The number of nitriles is 1. The highest BCUT2D eigenvalue weighted by Crippen LogP contribution is 1.98. The van der Waals surface area contributed by atoms with E-state index in [2.05, 4.69) is 18.0 Å². The van der Waals surface area contributed by atoms with Gasteiger partial charge in [-0.2, -0.15) is 5.26 Å². The summed E-state index contributed by atoms with van der Waals surface area (Å²) in [5.74, 6) is 0. The van der Waals surface area contributed by atoms with Crippen molar-refractivity contribution in [1.82, 2.24) is 0 Å². The molecule has 0 N–H and O–H groups in total. The van der Waals surface area contributed by atoms with E-state index in [1.165, 1.54) is 25.7 Å². The summed E-state index contributed by atoms with van der Waals surface area (Å²) in [6.45, 7) is 3.18. The smallest absolute Gasteiger partial charge is 0.0621 e.